The zero-order chi connectivity index (χ0) is 13.4. The van der Waals surface area contributed by atoms with Gasteiger partial charge in [-0.05, 0) is 26.9 Å². The molecule has 5 nitrogen and oxygen atoms in total. The maximum atomic E-state index is 4.71. The number of nitrogens with one attached hydrogen (secondary N) is 1. The van der Waals surface area contributed by atoms with E-state index in [4.69, 9.17) is 4.98 Å². The van der Waals surface area contributed by atoms with Gasteiger partial charge < -0.3 is 15.1 Å². The Bertz CT molecular complexity index is 473. The molecule has 0 saturated carbocycles. The van der Waals surface area contributed by atoms with Crippen LogP contribution in [0.1, 0.15) is 23.5 Å². The maximum Gasteiger partial charge on any atom is 0.137 e. The van der Waals surface area contributed by atoms with Gasteiger partial charge in [0.1, 0.15) is 11.6 Å². The van der Waals surface area contributed by atoms with E-state index in [-0.39, 0.29) is 0 Å². The first-order chi connectivity index (χ1) is 9.15. The molecule has 3 heterocycles. The lowest BCUT2D eigenvalue weighted by molar-refractivity contribution is 0.409. The van der Waals surface area contributed by atoms with Crippen molar-refractivity contribution in [2.75, 3.05) is 38.6 Å². The molecule has 1 aromatic heterocycles. The number of nitrogens with zero attached hydrogens (tertiary/aromatic N) is 4. The van der Waals surface area contributed by atoms with E-state index in [2.05, 4.69) is 34.2 Å². The number of anilines is 1. The second-order valence-electron chi connectivity index (χ2n) is 5.76. The highest BCUT2D eigenvalue weighted by Gasteiger charge is 2.27. The third-order valence-electron chi connectivity index (χ3n) is 4.27. The van der Waals surface area contributed by atoms with E-state index in [0.29, 0.717) is 6.04 Å². The summed E-state index contributed by atoms with van der Waals surface area (Å²) in [7, 11) is 4.37. The fourth-order valence-electron chi connectivity index (χ4n) is 3.14. The van der Waals surface area contributed by atoms with Gasteiger partial charge in [-0.25, -0.2) is 9.97 Å². The van der Waals surface area contributed by atoms with E-state index < -0.39 is 0 Å². The Balaban J connectivity index is 1.93. The highest BCUT2D eigenvalue weighted by Crippen LogP contribution is 2.26. The van der Waals surface area contributed by atoms with Gasteiger partial charge in [0.25, 0.3) is 0 Å². The van der Waals surface area contributed by atoms with Crippen molar-refractivity contribution in [1.82, 2.24) is 20.2 Å². The van der Waals surface area contributed by atoms with E-state index in [1.54, 1.807) is 0 Å². The standard InChI is InChI=1S/C14H23N5/c1-10-16-13-4-6-15-8-12(13)14(17-10)19(3)11-5-7-18(2)9-11/h11,15H,4-9H2,1-3H3. The Kier molecular flexibility index (Phi) is 3.41. The maximum absolute atomic E-state index is 4.71. The van der Waals surface area contributed by atoms with Gasteiger partial charge in [-0.3, -0.25) is 0 Å². The van der Waals surface area contributed by atoms with E-state index in [9.17, 15) is 0 Å². The highest BCUT2D eigenvalue weighted by molar-refractivity contribution is 5.50. The molecule has 104 valence electrons. The van der Waals surface area contributed by atoms with Crippen molar-refractivity contribution < 1.29 is 0 Å². The quantitative estimate of drug-likeness (QED) is 0.843. The molecule has 1 saturated heterocycles. The average Bonchev–Trinajstić information content (AvgIpc) is 2.83. The van der Waals surface area contributed by atoms with Crippen LogP contribution in [0, 0.1) is 6.92 Å². The van der Waals surface area contributed by atoms with E-state index >= 15 is 0 Å². The molecular weight excluding hydrogens is 238 g/mol. The first-order valence-corrected chi connectivity index (χ1v) is 7.13. The Labute approximate surface area is 115 Å². The van der Waals surface area contributed by atoms with Gasteiger partial charge >= 0.3 is 0 Å². The normalized spacial score (nSPS) is 23.4. The van der Waals surface area contributed by atoms with E-state index in [0.717, 1.165) is 37.7 Å². The van der Waals surface area contributed by atoms with Crippen LogP contribution in [0.5, 0.6) is 0 Å². The lowest BCUT2D eigenvalue weighted by atomic mass is 10.1. The number of fused-ring (bicyclic) bond motifs is 1. The second-order valence-corrected chi connectivity index (χ2v) is 5.76. The summed E-state index contributed by atoms with van der Waals surface area (Å²) in [5, 5.41) is 3.44. The van der Waals surface area contributed by atoms with Crippen LogP contribution in [-0.4, -0.2) is 54.6 Å². The van der Waals surface area contributed by atoms with Crippen LogP contribution >= 0.6 is 0 Å². The van der Waals surface area contributed by atoms with Gasteiger partial charge in [0, 0.05) is 44.7 Å². The minimum Gasteiger partial charge on any atom is -0.355 e. The molecule has 1 unspecified atom stereocenters. The summed E-state index contributed by atoms with van der Waals surface area (Å²) >= 11 is 0. The molecule has 0 radical (unpaired) electrons. The molecular formula is C14H23N5. The van der Waals surface area contributed by atoms with Crippen molar-refractivity contribution in [3.05, 3.63) is 17.1 Å². The average molecular weight is 261 g/mol. The van der Waals surface area contributed by atoms with Crippen LogP contribution in [0.25, 0.3) is 0 Å². The molecule has 0 amide bonds. The third kappa shape index (κ3) is 2.44. The van der Waals surface area contributed by atoms with Crippen LogP contribution < -0.4 is 10.2 Å². The number of hydrogen-bond donors (Lipinski definition) is 1. The van der Waals surface area contributed by atoms with Crippen molar-refractivity contribution in [3.8, 4) is 0 Å². The molecule has 1 atom stereocenters. The third-order valence-corrected chi connectivity index (χ3v) is 4.27. The molecule has 5 heteroatoms. The lowest BCUT2D eigenvalue weighted by Gasteiger charge is -2.30. The summed E-state index contributed by atoms with van der Waals surface area (Å²) in [4.78, 5) is 14.1. The zero-order valence-electron chi connectivity index (χ0n) is 12.1. The summed E-state index contributed by atoms with van der Waals surface area (Å²) in [6.07, 6.45) is 2.24. The molecule has 3 rings (SSSR count). The zero-order valence-corrected chi connectivity index (χ0v) is 12.1. The number of aromatic nitrogens is 2. The first-order valence-electron chi connectivity index (χ1n) is 7.13. The summed E-state index contributed by atoms with van der Waals surface area (Å²) in [6, 6.07) is 0.574. The Morgan fingerprint density at radius 3 is 2.95 bits per heavy atom. The number of aryl methyl sites for hydroxylation is 1. The van der Waals surface area contributed by atoms with Gasteiger partial charge in [-0.1, -0.05) is 0 Å². The fraction of sp³-hybridized carbons (Fsp3) is 0.714. The predicted molar refractivity (Wildman–Crippen MR) is 76.5 cm³/mol. The van der Waals surface area contributed by atoms with Crippen molar-refractivity contribution in [1.29, 1.82) is 0 Å². The van der Waals surface area contributed by atoms with Crippen LogP contribution in [0.15, 0.2) is 0 Å². The van der Waals surface area contributed by atoms with Gasteiger partial charge in [-0.15, -0.1) is 0 Å². The van der Waals surface area contributed by atoms with Crippen molar-refractivity contribution in [2.45, 2.75) is 32.4 Å². The Hall–Kier alpha value is -1.20. The van der Waals surface area contributed by atoms with Crippen molar-refractivity contribution >= 4 is 5.82 Å². The van der Waals surface area contributed by atoms with Crippen molar-refractivity contribution in [2.24, 2.45) is 0 Å². The SMILES string of the molecule is Cc1nc2c(c(N(C)C3CCN(C)C3)n1)CNCC2. The minimum absolute atomic E-state index is 0.574. The van der Waals surface area contributed by atoms with Gasteiger partial charge in [0.2, 0.25) is 0 Å². The number of likely N-dealkylation sites (tertiary alicyclic amines) is 1. The van der Waals surface area contributed by atoms with Gasteiger partial charge in [0.05, 0.1) is 5.69 Å². The molecule has 2 aliphatic rings. The number of rotatable bonds is 2. The number of hydrogen-bond acceptors (Lipinski definition) is 5. The first kappa shape index (κ1) is 12.8. The molecule has 19 heavy (non-hydrogen) atoms. The fourth-order valence-corrected chi connectivity index (χ4v) is 3.14. The summed E-state index contributed by atoms with van der Waals surface area (Å²) in [5.74, 6) is 2.03. The van der Waals surface area contributed by atoms with Crippen LogP contribution in [0.3, 0.4) is 0 Å². The largest absolute Gasteiger partial charge is 0.355 e. The molecule has 0 aromatic carbocycles. The van der Waals surface area contributed by atoms with Crippen LogP contribution in [0.4, 0.5) is 5.82 Å². The Morgan fingerprint density at radius 1 is 1.37 bits per heavy atom. The van der Waals surface area contributed by atoms with E-state index in [1.807, 2.05) is 6.92 Å². The molecule has 1 N–H and O–H groups in total. The molecule has 2 aliphatic heterocycles. The molecule has 0 aliphatic carbocycles. The van der Waals surface area contributed by atoms with Crippen LogP contribution in [-0.2, 0) is 13.0 Å². The summed E-state index contributed by atoms with van der Waals surface area (Å²) < 4.78 is 0. The monoisotopic (exact) mass is 261 g/mol. The van der Waals surface area contributed by atoms with Crippen molar-refractivity contribution in [3.63, 3.8) is 0 Å². The summed E-state index contributed by atoms with van der Waals surface area (Å²) in [5.41, 5.74) is 2.54. The van der Waals surface area contributed by atoms with Crippen LogP contribution in [0.2, 0.25) is 0 Å². The molecule has 0 bridgehead atoms. The molecule has 1 fully saturated rings. The minimum atomic E-state index is 0.574. The topological polar surface area (TPSA) is 44.3 Å². The summed E-state index contributed by atoms with van der Waals surface area (Å²) in [6.45, 7) is 6.23. The van der Waals surface area contributed by atoms with Gasteiger partial charge in [-0.2, -0.15) is 0 Å². The van der Waals surface area contributed by atoms with E-state index in [1.165, 1.54) is 24.2 Å². The highest BCUT2D eigenvalue weighted by atomic mass is 15.3. The molecule has 1 aromatic rings. The van der Waals surface area contributed by atoms with Gasteiger partial charge in [0.15, 0.2) is 0 Å². The number of likely N-dealkylation sites (N-methyl/N-ethyl adjacent to an activating group) is 2. The second kappa shape index (κ2) is 5.06. The predicted octanol–water partition coefficient (Wildman–Crippen LogP) is 0.571. The smallest absolute Gasteiger partial charge is 0.137 e. The molecule has 0 spiro atoms. The Morgan fingerprint density at radius 2 is 2.21 bits per heavy atom. The lowest BCUT2D eigenvalue weighted by Crippen LogP contribution is -2.37.